The lowest BCUT2D eigenvalue weighted by Gasteiger charge is -2.44. The smallest absolute Gasteiger partial charge is 0.252 e. The molecule has 13 aromatic carbocycles. The number of fused-ring (bicyclic) bond motifs is 11. The van der Waals surface area contributed by atoms with Crippen LogP contribution >= 0.6 is 0 Å². The Morgan fingerprint density at radius 2 is 0.577 bits per heavy atom. The van der Waals surface area contributed by atoms with E-state index in [9.17, 15) is 0 Å². The Kier molecular flexibility index (Phi) is 10.0. The van der Waals surface area contributed by atoms with Gasteiger partial charge in [0.25, 0.3) is 6.71 Å². The van der Waals surface area contributed by atoms with Gasteiger partial charge in [-0.15, -0.1) is 0 Å². The average Bonchev–Trinajstić information content (AvgIpc) is 3.35. The standard InChI is InChI=1S/C74H48BN3/c1-5-17-49(18-6-1)53-29-37-59(38-30-53)76-68-43-35-57(51-21-9-3-10-22-51)45-66(68)75-67-46-58(52-23-11-4-12-24-52)36-44-69(67)77(60-39-31-54(32-40-60)50-19-7-2-8-20-50)71-48-61(47-70(76)72(71)75)78-73-62-27-15-13-25-55(62)33-41-64(73)65-42-34-56-26-14-16-28-63(56)74(65)78/h1-48H. The number of aromatic nitrogens is 1. The van der Waals surface area contributed by atoms with Gasteiger partial charge in [-0.1, -0.05) is 243 Å². The molecule has 0 radical (unpaired) electrons. The number of rotatable bonds is 7. The summed E-state index contributed by atoms with van der Waals surface area (Å²) in [6.07, 6.45) is 0. The predicted molar refractivity (Wildman–Crippen MR) is 332 cm³/mol. The SMILES string of the molecule is c1ccc(-c2ccc(N3c4ccc(-c5ccccc5)cc4B4c5cc(-c6ccccc6)ccc5N(c5ccc(-c6ccccc6)cc5)c5cc(-n6c7c8ccccc8ccc7c7ccc8ccccc8c76)cc3c54)cc2)cc1. The lowest BCUT2D eigenvalue weighted by molar-refractivity contribution is 1.17. The molecule has 362 valence electrons. The molecule has 3 heterocycles. The summed E-state index contributed by atoms with van der Waals surface area (Å²) >= 11 is 0. The highest BCUT2D eigenvalue weighted by molar-refractivity contribution is 7.00. The molecular weight excluding hydrogens is 942 g/mol. The van der Waals surface area contributed by atoms with Crippen molar-refractivity contribution in [3.8, 4) is 50.2 Å². The summed E-state index contributed by atoms with van der Waals surface area (Å²) in [5.74, 6) is 0. The highest BCUT2D eigenvalue weighted by Crippen LogP contribution is 2.49. The average molecular weight is 990 g/mol. The molecule has 78 heavy (non-hydrogen) atoms. The maximum atomic E-state index is 2.59. The van der Waals surface area contributed by atoms with Crippen LogP contribution in [0.4, 0.5) is 34.1 Å². The van der Waals surface area contributed by atoms with Gasteiger partial charge in [0.05, 0.1) is 16.7 Å². The van der Waals surface area contributed by atoms with Crippen molar-refractivity contribution in [3.63, 3.8) is 0 Å². The quantitative estimate of drug-likeness (QED) is 0.147. The monoisotopic (exact) mass is 989 g/mol. The van der Waals surface area contributed by atoms with E-state index < -0.39 is 0 Å². The first-order valence-corrected chi connectivity index (χ1v) is 27.0. The molecule has 0 unspecified atom stereocenters. The van der Waals surface area contributed by atoms with Gasteiger partial charge in [-0.25, -0.2) is 0 Å². The van der Waals surface area contributed by atoms with Crippen molar-refractivity contribution in [2.75, 3.05) is 9.80 Å². The summed E-state index contributed by atoms with van der Waals surface area (Å²) in [5, 5.41) is 7.34. The first-order valence-electron chi connectivity index (χ1n) is 27.0. The van der Waals surface area contributed by atoms with Crippen LogP contribution in [0.25, 0.3) is 93.5 Å². The minimum Gasteiger partial charge on any atom is -0.311 e. The van der Waals surface area contributed by atoms with Gasteiger partial charge in [0.15, 0.2) is 0 Å². The van der Waals surface area contributed by atoms with E-state index in [0.29, 0.717) is 0 Å². The van der Waals surface area contributed by atoms with E-state index in [1.807, 2.05) is 0 Å². The Bertz CT molecular complexity index is 4360. The third-order valence-electron chi connectivity index (χ3n) is 16.5. The van der Waals surface area contributed by atoms with Crippen LogP contribution in [0.15, 0.2) is 291 Å². The summed E-state index contributed by atoms with van der Waals surface area (Å²) in [7, 11) is 0. The second kappa shape index (κ2) is 17.7. The predicted octanol–water partition coefficient (Wildman–Crippen LogP) is 17.8. The molecule has 2 aliphatic rings. The van der Waals surface area contributed by atoms with E-state index in [2.05, 4.69) is 306 Å². The maximum Gasteiger partial charge on any atom is 0.252 e. The van der Waals surface area contributed by atoms with Crippen molar-refractivity contribution in [2.24, 2.45) is 0 Å². The Balaban J connectivity index is 1.05. The molecule has 0 saturated carbocycles. The molecule has 1 aromatic heterocycles. The summed E-state index contributed by atoms with van der Waals surface area (Å²) in [5.41, 5.74) is 23.7. The number of nitrogens with zero attached hydrogens (tertiary/aromatic N) is 3. The van der Waals surface area contributed by atoms with Crippen LogP contribution in [-0.2, 0) is 0 Å². The molecule has 3 nitrogen and oxygen atoms in total. The van der Waals surface area contributed by atoms with Gasteiger partial charge in [-0.2, -0.15) is 0 Å². The van der Waals surface area contributed by atoms with E-state index in [-0.39, 0.29) is 6.71 Å². The van der Waals surface area contributed by atoms with Crippen LogP contribution in [0, 0.1) is 0 Å². The summed E-state index contributed by atoms with van der Waals surface area (Å²) in [6, 6.07) is 108. The van der Waals surface area contributed by atoms with Crippen LogP contribution in [0.3, 0.4) is 0 Å². The first-order chi connectivity index (χ1) is 38.7. The number of hydrogen-bond donors (Lipinski definition) is 0. The minimum absolute atomic E-state index is 0.124. The molecule has 0 amide bonds. The fraction of sp³-hybridized carbons (Fsp3) is 0. The molecule has 16 rings (SSSR count). The molecule has 0 saturated heterocycles. The lowest BCUT2D eigenvalue weighted by Crippen LogP contribution is -2.61. The van der Waals surface area contributed by atoms with Crippen LogP contribution in [-0.4, -0.2) is 11.3 Å². The number of benzene rings is 13. The van der Waals surface area contributed by atoms with Crippen LogP contribution < -0.4 is 26.2 Å². The number of hydrogen-bond acceptors (Lipinski definition) is 2. The second-order valence-corrected chi connectivity index (χ2v) is 20.8. The fourth-order valence-electron chi connectivity index (χ4n) is 13.0. The Labute approximate surface area is 453 Å². The normalized spacial score (nSPS) is 12.5. The second-order valence-electron chi connectivity index (χ2n) is 20.8. The van der Waals surface area contributed by atoms with Crippen molar-refractivity contribution < 1.29 is 0 Å². The highest BCUT2D eigenvalue weighted by atomic mass is 15.2. The zero-order valence-corrected chi connectivity index (χ0v) is 42.6. The molecule has 4 heteroatoms. The topological polar surface area (TPSA) is 11.4 Å². The van der Waals surface area contributed by atoms with E-state index in [4.69, 9.17) is 0 Å². The van der Waals surface area contributed by atoms with Gasteiger partial charge in [0.1, 0.15) is 0 Å². The van der Waals surface area contributed by atoms with Crippen molar-refractivity contribution in [2.45, 2.75) is 0 Å². The van der Waals surface area contributed by atoms with E-state index >= 15 is 0 Å². The van der Waals surface area contributed by atoms with Gasteiger partial charge in [0, 0.05) is 55.7 Å². The molecule has 0 atom stereocenters. The van der Waals surface area contributed by atoms with Gasteiger partial charge in [-0.05, 0) is 120 Å². The van der Waals surface area contributed by atoms with E-state index in [1.54, 1.807) is 0 Å². The Morgan fingerprint density at radius 3 is 0.987 bits per heavy atom. The third kappa shape index (κ3) is 6.93. The molecule has 14 aromatic rings. The minimum atomic E-state index is -0.124. The molecule has 0 fully saturated rings. The zero-order chi connectivity index (χ0) is 51.3. The van der Waals surface area contributed by atoms with Crippen LogP contribution in [0.2, 0.25) is 0 Å². The summed E-state index contributed by atoms with van der Waals surface area (Å²) in [6.45, 7) is -0.124. The molecule has 0 N–H and O–H groups in total. The highest BCUT2D eigenvalue weighted by Gasteiger charge is 2.44. The van der Waals surface area contributed by atoms with Gasteiger partial charge in [0.2, 0.25) is 0 Å². The summed E-state index contributed by atoms with van der Waals surface area (Å²) in [4.78, 5) is 5.12. The lowest BCUT2D eigenvalue weighted by atomic mass is 9.33. The van der Waals surface area contributed by atoms with Crippen molar-refractivity contribution in [1.29, 1.82) is 0 Å². The van der Waals surface area contributed by atoms with E-state index in [1.165, 1.54) is 104 Å². The van der Waals surface area contributed by atoms with Gasteiger partial charge >= 0.3 is 0 Å². The fourth-order valence-corrected chi connectivity index (χ4v) is 13.0. The van der Waals surface area contributed by atoms with Crippen LogP contribution in [0.5, 0.6) is 0 Å². The number of anilines is 6. The largest absolute Gasteiger partial charge is 0.311 e. The third-order valence-corrected chi connectivity index (χ3v) is 16.5. The molecule has 0 aliphatic carbocycles. The molecular formula is C74H48BN3. The zero-order valence-electron chi connectivity index (χ0n) is 42.6. The maximum absolute atomic E-state index is 2.59. The van der Waals surface area contributed by atoms with Crippen molar-refractivity contribution in [1.82, 2.24) is 4.57 Å². The van der Waals surface area contributed by atoms with Gasteiger partial charge < -0.3 is 14.4 Å². The summed E-state index contributed by atoms with van der Waals surface area (Å²) < 4.78 is 2.59. The molecule has 2 aliphatic heterocycles. The van der Waals surface area contributed by atoms with E-state index in [0.717, 1.165) is 39.8 Å². The van der Waals surface area contributed by atoms with Crippen molar-refractivity contribution in [3.05, 3.63) is 291 Å². The Hall–Kier alpha value is -10.2. The van der Waals surface area contributed by atoms with Crippen molar-refractivity contribution >= 4 is 101 Å². The Morgan fingerprint density at radius 1 is 0.231 bits per heavy atom. The van der Waals surface area contributed by atoms with Gasteiger partial charge in [-0.3, -0.25) is 0 Å². The first kappa shape index (κ1) is 44.2. The van der Waals surface area contributed by atoms with Crippen LogP contribution in [0.1, 0.15) is 0 Å². The molecule has 0 bridgehead atoms. The molecule has 0 spiro atoms.